The SMILES string of the molecule is CC(C)(C)OC(=O)N1C[C@@](C)(CC2CC2)C[C@H]1C(=O)O. The lowest BCUT2D eigenvalue weighted by molar-refractivity contribution is -0.142. The molecule has 5 nitrogen and oxygen atoms in total. The van der Waals surface area contributed by atoms with Crippen molar-refractivity contribution in [2.45, 2.75) is 65.0 Å². The zero-order valence-corrected chi connectivity index (χ0v) is 12.8. The Morgan fingerprint density at radius 1 is 1.35 bits per heavy atom. The van der Waals surface area contributed by atoms with Gasteiger partial charge in [0.15, 0.2) is 0 Å². The van der Waals surface area contributed by atoms with Gasteiger partial charge in [0, 0.05) is 6.54 Å². The average Bonchev–Trinajstić information content (AvgIpc) is 2.96. The molecule has 0 aromatic rings. The molecule has 0 radical (unpaired) electrons. The smallest absolute Gasteiger partial charge is 0.411 e. The number of carbonyl (C=O) groups is 2. The summed E-state index contributed by atoms with van der Waals surface area (Å²) in [7, 11) is 0. The van der Waals surface area contributed by atoms with Gasteiger partial charge in [-0.2, -0.15) is 0 Å². The molecule has 0 aromatic carbocycles. The highest BCUT2D eigenvalue weighted by Gasteiger charge is 2.49. The number of carbonyl (C=O) groups excluding carboxylic acids is 1. The van der Waals surface area contributed by atoms with Crippen molar-refractivity contribution >= 4 is 12.1 Å². The van der Waals surface area contributed by atoms with Gasteiger partial charge in [0.1, 0.15) is 11.6 Å². The molecule has 1 aliphatic heterocycles. The van der Waals surface area contributed by atoms with Gasteiger partial charge in [0.2, 0.25) is 0 Å². The van der Waals surface area contributed by atoms with Crippen molar-refractivity contribution in [3.63, 3.8) is 0 Å². The summed E-state index contributed by atoms with van der Waals surface area (Å²) in [6, 6.07) is -0.756. The molecule has 1 amide bonds. The molecular formula is C15H25NO4. The number of ether oxygens (including phenoxy) is 1. The predicted molar refractivity (Wildman–Crippen MR) is 74.4 cm³/mol. The van der Waals surface area contributed by atoms with Crippen LogP contribution >= 0.6 is 0 Å². The lowest BCUT2D eigenvalue weighted by Gasteiger charge is -2.28. The highest BCUT2D eigenvalue weighted by atomic mass is 16.6. The number of likely N-dealkylation sites (tertiary alicyclic amines) is 1. The van der Waals surface area contributed by atoms with Crippen molar-refractivity contribution in [1.29, 1.82) is 0 Å². The molecule has 2 fully saturated rings. The number of amides is 1. The lowest BCUT2D eigenvalue weighted by Crippen LogP contribution is -2.43. The van der Waals surface area contributed by atoms with Crippen molar-refractivity contribution in [1.82, 2.24) is 4.90 Å². The highest BCUT2D eigenvalue weighted by molar-refractivity contribution is 5.81. The van der Waals surface area contributed by atoms with Crippen molar-refractivity contribution in [3.05, 3.63) is 0 Å². The summed E-state index contributed by atoms with van der Waals surface area (Å²) < 4.78 is 5.34. The molecule has 1 saturated carbocycles. The highest BCUT2D eigenvalue weighted by Crippen LogP contribution is 2.46. The molecule has 1 N–H and O–H groups in total. The number of aliphatic carboxylic acids is 1. The second-order valence-corrected chi connectivity index (χ2v) is 7.62. The van der Waals surface area contributed by atoms with Crippen LogP contribution in [0, 0.1) is 11.3 Å². The first-order valence-electron chi connectivity index (χ1n) is 7.32. The summed E-state index contributed by atoms with van der Waals surface area (Å²) in [5.74, 6) is -0.219. The first kappa shape index (κ1) is 15.1. The number of nitrogens with zero attached hydrogens (tertiary/aromatic N) is 1. The van der Waals surface area contributed by atoms with Crippen LogP contribution in [0.3, 0.4) is 0 Å². The first-order chi connectivity index (χ1) is 9.10. The van der Waals surface area contributed by atoms with E-state index in [0.717, 1.165) is 6.42 Å². The molecule has 5 heteroatoms. The van der Waals surface area contributed by atoms with Crippen LogP contribution in [0.25, 0.3) is 0 Å². The Kier molecular flexibility index (Phi) is 3.73. The number of hydrogen-bond donors (Lipinski definition) is 1. The Bertz CT molecular complexity index is 411. The fraction of sp³-hybridized carbons (Fsp3) is 0.867. The van der Waals surface area contributed by atoms with Crippen LogP contribution in [0.2, 0.25) is 0 Å². The summed E-state index contributed by atoms with van der Waals surface area (Å²) >= 11 is 0. The van der Waals surface area contributed by atoms with Crippen molar-refractivity contribution in [2.24, 2.45) is 11.3 Å². The third-order valence-electron chi connectivity index (χ3n) is 4.01. The van der Waals surface area contributed by atoms with E-state index in [-0.39, 0.29) is 5.41 Å². The summed E-state index contributed by atoms with van der Waals surface area (Å²) in [5.41, 5.74) is -0.698. The standard InChI is InChI=1S/C15H25NO4/c1-14(2,3)20-13(19)16-9-15(4,7-10-5-6-10)8-11(16)12(17)18/h10-11H,5-9H2,1-4H3,(H,17,18)/t11-,15-/m0/s1. The maximum absolute atomic E-state index is 12.2. The Morgan fingerprint density at radius 3 is 2.40 bits per heavy atom. The monoisotopic (exact) mass is 283 g/mol. The number of carboxylic acids is 1. The zero-order chi connectivity index (χ0) is 15.1. The van der Waals surface area contributed by atoms with Crippen molar-refractivity contribution in [3.8, 4) is 0 Å². The van der Waals surface area contributed by atoms with Crippen LogP contribution in [0.4, 0.5) is 4.79 Å². The van der Waals surface area contributed by atoms with Gasteiger partial charge in [-0.1, -0.05) is 19.8 Å². The van der Waals surface area contributed by atoms with E-state index in [1.165, 1.54) is 17.7 Å². The largest absolute Gasteiger partial charge is 0.480 e. The third kappa shape index (κ3) is 3.64. The second kappa shape index (κ2) is 4.93. The predicted octanol–water partition coefficient (Wildman–Crippen LogP) is 2.89. The van der Waals surface area contributed by atoms with E-state index >= 15 is 0 Å². The van der Waals surface area contributed by atoms with Crippen LogP contribution in [-0.4, -0.2) is 40.3 Å². The van der Waals surface area contributed by atoms with E-state index in [9.17, 15) is 14.7 Å². The van der Waals surface area contributed by atoms with Crippen LogP contribution in [0.5, 0.6) is 0 Å². The van der Waals surface area contributed by atoms with Gasteiger partial charge >= 0.3 is 12.1 Å². The Morgan fingerprint density at radius 2 is 1.95 bits per heavy atom. The van der Waals surface area contributed by atoms with Crippen LogP contribution < -0.4 is 0 Å². The summed E-state index contributed by atoms with van der Waals surface area (Å²) in [6.07, 6.45) is 3.50. The normalized spacial score (nSPS) is 30.4. The van der Waals surface area contributed by atoms with Crippen LogP contribution in [0.15, 0.2) is 0 Å². The number of rotatable bonds is 3. The van der Waals surface area contributed by atoms with Crippen molar-refractivity contribution < 1.29 is 19.4 Å². The first-order valence-corrected chi connectivity index (χ1v) is 7.32. The second-order valence-electron chi connectivity index (χ2n) is 7.62. The van der Waals surface area contributed by atoms with Gasteiger partial charge in [-0.3, -0.25) is 4.90 Å². The van der Waals surface area contributed by atoms with E-state index in [0.29, 0.717) is 18.9 Å². The zero-order valence-electron chi connectivity index (χ0n) is 12.8. The summed E-state index contributed by atoms with van der Waals surface area (Å²) in [6.45, 7) is 7.95. The molecule has 0 bridgehead atoms. The summed E-state index contributed by atoms with van der Waals surface area (Å²) in [5, 5.41) is 9.36. The molecule has 20 heavy (non-hydrogen) atoms. The minimum atomic E-state index is -0.935. The molecule has 0 aromatic heterocycles. The number of carboxylic acid groups (broad SMARTS) is 1. The van der Waals surface area contributed by atoms with Crippen LogP contribution in [-0.2, 0) is 9.53 Å². The van der Waals surface area contributed by atoms with Crippen LogP contribution in [0.1, 0.15) is 53.4 Å². The third-order valence-corrected chi connectivity index (χ3v) is 4.01. The van der Waals surface area contributed by atoms with Gasteiger partial charge in [-0.15, -0.1) is 0 Å². The Hall–Kier alpha value is -1.26. The molecule has 1 heterocycles. The van der Waals surface area contributed by atoms with Gasteiger partial charge in [-0.25, -0.2) is 9.59 Å². The molecule has 114 valence electrons. The van der Waals surface area contributed by atoms with Crippen molar-refractivity contribution in [2.75, 3.05) is 6.54 Å². The van der Waals surface area contributed by atoms with Gasteiger partial charge in [0.25, 0.3) is 0 Å². The molecule has 1 saturated heterocycles. The van der Waals surface area contributed by atoms with E-state index in [4.69, 9.17) is 4.74 Å². The Labute approximate surface area is 120 Å². The average molecular weight is 283 g/mol. The fourth-order valence-electron chi connectivity index (χ4n) is 3.06. The maximum atomic E-state index is 12.2. The molecule has 0 unspecified atom stereocenters. The van der Waals surface area contributed by atoms with Gasteiger partial charge in [0.05, 0.1) is 0 Å². The maximum Gasteiger partial charge on any atom is 0.411 e. The molecule has 0 spiro atoms. The van der Waals surface area contributed by atoms with Gasteiger partial charge in [-0.05, 0) is 44.9 Å². The lowest BCUT2D eigenvalue weighted by atomic mass is 9.82. The van der Waals surface area contributed by atoms with Gasteiger partial charge < -0.3 is 9.84 Å². The minimum absolute atomic E-state index is 0.0961. The van der Waals surface area contributed by atoms with E-state index < -0.39 is 23.7 Å². The van der Waals surface area contributed by atoms with E-state index in [1.807, 2.05) is 0 Å². The molecule has 2 atom stereocenters. The fourth-order valence-corrected chi connectivity index (χ4v) is 3.06. The summed E-state index contributed by atoms with van der Waals surface area (Å²) in [4.78, 5) is 25.0. The molecule has 2 rings (SSSR count). The van der Waals surface area contributed by atoms with E-state index in [1.54, 1.807) is 20.8 Å². The Balaban J connectivity index is 2.08. The molecular weight excluding hydrogens is 258 g/mol. The number of hydrogen-bond acceptors (Lipinski definition) is 3. The molecule has 1 aliphatic carbocycles. The molecule has 2 aliphatic rings. The van der Waals surface area contributed by atoms with E-state index in [2.05, 4.69) is 6.92 Å². The minimum Gasteiger partial charge on any atom is -0.480 e. The quantitative estimate of drug-likeness (QED) is 0.864. The topological polar surface area (TPSA) is 66.8 Å².